The Morgan fingerprint density at radius 2 is 1.90 bits per heavy atom. The van der Waals surface area contributed by atoms with Crippen LogP contribution >= 0.6 is 11.3 Å². The molecule has 156 valence electrons. The van der Waals surface area contributed by atoms with Crippen molar-refractivity contribution < 1.29 is 13.6 Å². The highest BCUT2D eigenvalue weighted by Crippen LogP contribution is 2.37. The van der Waals surface area contributed by atoms with E-state index in [1.54, 1.807) is 17.5 Å². The zero-order valence-corrected chi connectivity index (χ0v) is 16.9. The number of nitrogens with zero attached hydrogens (tertiary/aromatic N) is 4. The number of fused-ring (bicyclic) bond motifs is 1. The van der Waals surface area contributed by atoms with E-state index in [1.165, 1.54) is 35.6 Å². The molecule has 0 saturated carbocycles. The molecular weight excluding hydrogens is 422 g/mol. The van der Waals surface area contributed by atoms with Crippen molar-refractivity contribution in [3.8, 4) is 22.0 Å². The second-order valence-corrected chi connectivity index (χ2v) is 7.78. The molecule has 10 heteroatoms. The van der Waals surface area contributed by atoms with Gasteiger partial charge in [0.05, 0.1) is 6.20 Å². The number of carbonyl (C=O) groups is 1. The van der Waals surface area contributed by atoms with E-state index in [9.17, 15) is 13.6 Å². The summed E-state index contributed by atoms with van der Waals surface area (Å²) >= 11 is 1.32. The van der Waals surface area contributed by atoms with Gasteiger partial charge in [0.15, 0.2) is 0 Å². The van der Waals surface area contributed by atoms with Crippen LogP contribution in [-0.4, -0.2) is 32.0 Å². The van der Waals surface area contributed by atoms with Gasteiger partial charge in [-0.15, -0.1) is 11.3 Å². The summed E-state index contributed by atoms with van der Waals surface area (Å²) in [7, 11) is 0. The lowest BCUT2D eigenvalue weighted by Crippen LogP contribution is -2.17. The molecule has 5 rings (SSSR count). The highest BCUT2D eigenvalue weighted by atomic mass is 32.1. The molecule has 1 aliphatic heterocycles. The molecule has 0 bridgehead atoms. The standard InChI is InChI=1S/C21H16F2N6OS/c22-13-4-2-12(3-5-13)17-18(29-9-1-8-24-21(29)28-17)20-26-15(11-31-20)19(30)27-16-7-6-14(23)10-25-16/h2-7,10-11H,1,8-9H2,(H,24,28)(H,25,27,30). The van der Waals surface area contributed by atoms with Crippen LogP contribution in [0.4, 0.5) is 20.5 Å². The van der Waals surface area contributed by atoms with Gasteiger partial charge in [-0.1, -0.05) is 0 Å². The van der Waals surface area contributed by atoms with Crippen molar-refractivity contribution in [2.24, 2.45) is 0 Å². The number of anilines is 2. The van der Waals surface area contributed by atoms with Crippen LogP contribution < -0.4 is 10.6 Å². The van der Waals surface area contributed by atoms with Crippen molar-refractivity contribution in [3.05, 3.63) is 65.3 Å². The quantitative estimate of drug-likeness (QED) is 0.493. The summed E-state index contributed by atoms with van der Waals surface area (Å²) in [4.78, 5) is 25.6. The number of hydrogen-bond donors (Lipinski definition) is 2. The van der Waals surface area contributed by atoms with Crippen LogP contribution in [0.5, 0.6) is 0 Å². The number of nitrogens with one attached hydrogen (secondary N) is 2. The number of amides is 1. The van der Waals surface area contributed by atoms with E-state index in [4.69, 9.17) is 4.98 Å². The lowest BCUT2D eigenvalue weighted by atomic mass is 10.1. The van der Waals surface area contributed by atoms with E-state index in [-0.39, 0.29) is 17.3 Å². The number of aromatic nitrogens is 4. The Hall–Kier alpha value is -3.66. The fourth-order valence-electron chi connectivity index (χ4n) is 3.39. The van der Waals surface area contributed by atoms with E-state index in [1.807, 2.05) is 4.57 Å². The molecule has 0 spiro atoms. The van der Waals surface area contributed by atoms with Crippen molar-refractivity contribution in [1.29, 1.82) is 0 Å². The van der Waals surface area contributed by atoms with Crippen LogP contribution in [0.3, 0.4) is 0 Å². The van der Waals surface area contributed by atoms with Gasteiger partial charge in [-0.3, -0.25) is 4.79 Å². The highest BCUT2D eigenvalue weighted by molar-refractivity contribution is 7.13. The summed E-state index contributed by atoms with van der Waals surface area (Å²) < 4.78 is 28.5. The van der Waals surface area contributed by atoms with Gasteiger partial charge < -0.3 is 15.2 Å². The maximum absolute atomic E-state index is 13.4. The van der Waals surface area contributed by atoms with Gasteiger partial charge in [0.25, 0.3) is 5.91 Å². The van der Waals surface area contributed by atoms with Crippen LogP contribution in [0.15, 0.2) is 48.0 Å². The highest BCUT2D eigenvalue weighted by Gasteiger charge is 2.25. The zero-order chi connectivity index (χ0) is 21.4. The molecule has 7 nitrogen and oxygen atoms in total. The van der Waals surface area contributed by atoms with Gasteiger partial charge in [0.1, 0.15) is 39.5 Å². The van der Waals surface area contributed by atoms with E-state index < -0.39 is 11.7 Å². The van der Waals surface area contributed by atoms with Gasteiger partial charge >= 0.3 is 0 Å². The molecule has 1 aromatic carbocycles. The van der Waals surface area contributed by atoms with Crippen molar-refractivity contribution in [1.82, 2.24) is 19.5 Å². The lowest BCUT2D eigenvalue weighted by Gasteiger charge is -2.17. The second-order valence-electron chi connectivity index (χ2n) is 6.93. The normalized spacial score (nSPS) is 12.8. The Kier molecular flexibility index (Phi) is 4.91. The number of thiazole rings is 1. The van der Waals surface area contributed by atoms with Gasteiger partial charge in [-0.2, -0.15) is 0 Å². The third-order valence-electron chi connectivity index (χ3n) is 4.84. The Balaban J connectivity index is 1.51. The zero-order valence-electron chi connectivity index (χ0n) is 16.1. The van der Waals surface area contributed by atoms with Crippen LogP contribution in [0.1, 0.15) is 16.9 Å². The van der Waals surface area contributed by atoms with Crippen LogP contribution in [0.2, 0.25) is 0 Å². The van der Waals surface area contributed by atoms with Crippen LogP contribution in [0.25, 0.3) is 22.0 Å². The van der Waals surface area contributed by atoms with E-state index in [2.05, 4.69) is 20.6 Å². The predicted molar refractivity (Wildman–Crippen MR) is 114 cm³/mol. The molecule has 1 amide bonds. The summed E-state index contributed by atoms with van der Waals surface area (Å²) in [5.41, 5.74) is 2.43. The molecular formula is C21H16F2N6OS. The number of hydrogen-bond acceptors (Lipinski definition) is 6. The largest absolute Gasteiger partial charge is 0.356 e. The van der Waals surface area contributed by atoms with Crippen molar-refractivity contribution in [2.45, 2.75) is 13.0 Å². The van der Waals surface area contributed by atoms with E-state index in [0.29, 0.717) is 10.7 Å². The maximum Gasteiger partial charge on any atom is 0.276 e. The molecule has 31 heavy (non-hydrogen) atoms. The molecule has 3 aromatic heterocycles. The topological polar surface area (TPSA) is 84.7 Å². The summed E-state index contributed by atoms with van der Waals surface area (Å²) in [5, 5.41) is 8.16. The lowest BCUT2D eigenvalue weighted by molar-refractivity contribution is 0.102. The number of carbonyl (C=O) groups excluding carboxylic acids is 1. The van der Waals surface area contributed by atoms with Gasteiger partial charge in [0.2, 0.25) is 5.95 Å². The number of rotatable bonds is 4. The third kappa shape index (κ3) is 3.77. The van der Waals surface area contributed by atoms with Crippen molar-refractivity contribution in [2.75, 3.05) is 17.2 Å². The molecule has 1 aliphatic rings. The average Bonchev–Trinajstić information content (AvgIpc) is 3.40. The van der Waals surface area contributed by atoms with E-state index >= 15 is 0 Å². The molecule has 0 radical (unpaired) electrons. The fraction of sp³-hybridized carbons (Fsp3) is 0.143. The minimum Gasteiger partial charge on any atom is -0.356 e. The molecule has 4 heterocycles. The smallest absolute Gasteiger partial charge is 0.276 e. The monoisotopic (exact) mass is 438 g/mol. The number of pyridine rings is 1. The second kappa shape index (κ2) is 7.88. The minimum absolute atomic E-state index is 0.218. The Morgan fingerprint density at radius 3 is 2.68 bits per heavy atom. The van der Waals surface area contributed by atoms with Crippen LogP contribution in [0, 0.1) is 11.6 Å². The first kappa shape index (κ1) is 19.3. The maximum atomic E-state index is 13.4. The Bertz CT molecular complexity index is 1250. The summed E-state index contributed by atoms with van der Waals surface area (Å²) in [6.07, 6.45) is 1.96. The SMILES string of the molecule is O=C(Nc1ccc(F)cn1)c1csc(-c2c(-c3ccc(F)cc3)nc3n2CCCN3)n1. The molecule has 0 fully saturated rings. The Morgan fingerprint density at radius 1 is 1.10 bits per heavy atom. The summed E-state index contributed by atoms with van der Waals surface area (Å²) in [6, 6.07) is 8.73. The number of halogens is 2. The summed E-state index contributed by atoms with van der Waals surface area (Å²) in [5.74, 6) is -0.297. The third-order valence-corrected chi connectivity index (χ3v) is 5.68. The first-order valence-corrected chi connectivity index (χ1v) is 10.5. The van der Waals surface area contributed by atoms with Gasteiger partial charge in [-0.05, 0) is 42.8 Å². The molecule has 0 saturated heterocycles. The van der Waals surface area contributed by atoms with Gasteiger partial charge in [0, 0.05) is 24.0 Å². The number of imidazole rings is 1. The first-order valence-electron chi connectivity index (χ1n) is 9.57. The fourth-order valence-corrected chi connectivity index (χ4v) is 4.24. The molecule has 0 unspecified atom stereocenters. The molecule has 0 atom stereocenters. The summed E-state index contributed by atoms with van der Waals surface area (Å²) in [6.45, 7) is 1.57. The molecule has 2 N–H and O–H groups in total. The van der Waals surface area contributed by atoms with Crippen LogP contribution in [-0.2, 0) is 6.54 Å². The molecule has 0 aliphatic carbocycles. The van der Waals surface area contributed by atoms with Crippen molar-refractivity contribution in [3.63, 3.8) is 0 Å². The van der Waals surface area contributed by atoms with Crippen molar-refractivity contribution >= 4 is 29.0 Å². The Labute approximate surface area is 179 Å². The van der Waals surface area contributed by atoms with Gasteiger partial charge in [-0.25, -0.2) is 23.7 Å². The minimum atomic E-state index is -0.485. The van der Waals surface area contributed by atoms with E-state index in [0.717, 1.165) is 42.9 Å². The number of benzene rings is 1. The predicted octanol–water partition coefficient (Wildman–Crippen LogP) is 4.41. The first-order chi connectivity index (χ1) is 15.1. The molecule has 4 aromatic rings. The average molecular weight is 438 g/mol.